The molecule has 0 saturated carbocycles. The van der Waals surface area contributed by atoms with Crippen LogP contribution in [0.4, 0.5) is 18.9 Å². The molecule has 0 aliphatic heterocycles. The van der Waals surface area contributed by atoms with E-state index >= 15 is 0 Å². The zero-order valence-corrected chi connectivity index (χ0v) is 14.6. The van der Waals surface area contributed by atoms with E-state index in [1.54, 1.807) is 28.8 Å². The summed E-state index contributed by atoms with van der Waals surface area (Å²) in [6.07, 6.45) is -3.16. The highest BCUT2D eigenvalue weighted by atomic mass is 19.4. The third-order valence-corrected chi connectivity index (χ3v) is 4.35. The Balaban J connectivity index is 1.70. The Bertz CT molecular complexity index is 1300. The summed E-state index contributed by atoms with van der Waals surface area (Å²) in [5.41, 5.74) is -0.0782. The highest BCUT2D eigenvalue weighted by Crippen LogP contribution is 2.41. The summed E-state index contributed by atoms with van der Waals surface area (Å²) in [4.78, 5) is 7.25. The molecule has 29 heavy (non-hydrogen) atoms. The number of nitrogens with zero attached hydrogens (tertiary/aromatic N) is 5. The number of alkyl halides is 3. The van der Waals surface area contributed by atoms with Crippen LogP contribution in [0.25, 0.3) is 27.2 Å². The minimum Gasteiger partial charge on any atom is -0.340 e. The zero-order valence-electron chi connectivity index (χ0n) is 14.6. The van der Waals surface area contributed by atoms with Crippen LogP contribution in [0.3, 0.4) is 0 Å². The van der Waals surface area contributed by atoms with Crippen molar-refractivity contribution in [1.82, 2.24) is 14.7 Å². The lowest BCUT2D eigenvalue weighted by molar-refractivity contribution is -0.135. The highest BCUT2D eigenvalue weighted by Gasteiger charge is 2.36. The lowest BCUT2D eigenvalue weighted by atomic mass is 10.1. The molecular formula is C20H10F3N5O. The molecule has 0 aliphatic carbocycles. The van der Waals surface area contributed by atoms with Crippen LogP contribution in [0.15, 0.2) is 53.2 Å². The average Bonchev–Trinajstić information content (AvgIpc) is 3.34. The SMILES string of the molecule is [C-]#[N+]c1ccc2c(ccn2Cc2noc(-c3cccc(C#N)c3)n2)c1C(F)(F)F. The van der Waals surface area contributed by atoms with E-state index in [-0.39, 0.29) is 23.6 Å². The van der Waals surface area contributed by atoms with E-state index in [2.05, 4.69) is 15.0 Å². The molecular weight excluding hydrogens is 383 g/mol. The van der Waals surface area contributed by atoms with E-state index in [0.29, 0.717) is 16.6 Å². The molecule has 142 valence electrons. The predicted molar refractivity (Wildman–Crippen MR) is 96.8 cm³/mol. The van der Waals surface area contributed by atoms with Crippen molar-refractivity contribution in [2.45, 2.75) is 12.7 Å². The molecule has 0 amide bonds. The second-order valence-corrected chi connectivity index (χ2v) is 6.15. The summed E-state index contributed by atoms with van der Waals surface area (Å²) >= 11 is 0. The number of aromatic nitrogens is 3. The van der Waals surface area contributed by atoms with E-state index in [1.807, 2.05) is 6.07 Å². The first-order valence-corrected chi connectivity index (χ1v) is 8.30. The standard InChI is InChI=1S/C20H10F3N5O/c1-25-15-5-6-16-14(18(15)20(21,22)23)7-8-28(16)11-17-26-19(29-27-17)13-4-2-3-12(9-13)10-24/h2-9H,11H2. The topological polar surface area (TPSA) is 72.0 Å². The molecule has 2 aromatic heterocycles. The van der Waals surface area contributed by atoms with Gasteiger partial charge in [0.05, 0.1) is 30.3 Å². The van der Waals surface area contributed by atoms with Gasteiger partial charge in [0, 0.05) is 22.7 Å². The van der Waals surface area contributed by atoms with E-state index in [0.717, 1.165) is 6.07 Å². The molecule has 0 atom stereocenters. The van der Waals surface area contributed by atoms with Crippen LogP contribution in [0, 0.1) is 17.9 Å². The summed E-state index contributed by atoms with van der Waals surface area (Å²) in [6.45, 7) is 7.09. The Morgan fingerprint density at radius 2 is 2.03 bits per heavy atom. The van der Waals surface area contributed by atoms with E-state index < -0.39 is 17.4 Å². The molecule has 0 saturated heterocycles. The second-order valence-electron chi connectivity index (χ2n) is 6.15. The maximum absolute atomic E-state index is 13.4. The molecule has 0 radical (unpaired) electrons. The fourth-order valence-corrected chi connectivity index (χ4v) is 3.10. The Morgan fingerprint density at radius 3 is 2.76 bits per heavy atom. The Morgan fingerprint density at radius 1 is 1.21 bits per heavy atom. The van der Waals surface area contributed by atoms with Crippen LogP contribution < -0.4 is 0 Å². The summed E-state index contributed by atoms with van der Waals surface area (Å²) < 4.78 is 47.1. The molecule has 0 fully saturated rings. The monoisotopic (exact) mass is 393 g/mol. The molecule has 9 heteroatoms. The average molecular weight is 393 g/mol. The summed E-state index contributed by atoms with van der Waals surface area (Å²) in [5.74, 6) is 0.475. The molecule has 0 unspecified atom stereocenters. The smallest absolute Gasteiger partial charge is 0.340 e. The third-order valence-electron chi connectivity index (χ3n) is 4.35. The maximum Gasteiger partial charge on any atom is 0.408 e. The van der Waals surface area contributed by atoms with Crippen molar-refractivity contribution in [3.8, 4) is 17.5 Å². The fourth-order valence-electron chi connectivity index (χ4n) is 3.10. The Labute approximate surface area is 162 Å². The van der Waals surface area contributed by atoms with Crippen LogP contribution in [0.5, 0.6) is 0 Å². The first-order valence-electron chi connectivity index (χ1n) is 8.30. The van der Waals surface area contributed by atoms with Crippen molar-refractivity contribution >= 4 is 16.6 Å². The second kappa shape index (κ2) is 6.80. The lowest BCUT2D eigenvalue weighted by Gasteiger charge is -2.11. The quantitative estimate of drug-likeness (QED) is 0.450. The van der Waals surface area contributed by atoms with Gasteiger partial charge in [-0.05, 0) is 30.3 Å². The number of hydrogen-bond donors (Lipinski definition) is 0. The molecule has 4 rings (SSSR count). The third kappa shape index (κ3) is 3.30. The highest BCUT2D eigenvalue weighted by molar-refractivity contribution is 5.89. The molecule has 4 aromatic rings. The van der Waals surface area contributed by atoms with Crippen LogP contribution in [-0.4, -0.2) is 14.7 Å². The first-order chi connectivity index (χ1) is 13.9. The van der Waals surface area contributed by atoms with Crippen molar-refractivity contribution in [2.75, 3.05) is 0 Å². The number of rotatable bonds is 3. The lowest BCUT2D eigenvalue weighted by Crippen LogP contribution is -2.06. The first kappa shape index (κ1) is 18.3. The van der Waals surface area contributed by atoms with Crippen molar-refractivity contribution in [1.29, 1.82) is 5.26 Å². The molecule has 6 nitrogen and oxygen atoms in total. The van der Waals surface area contributed by atoms with Gasteiger partial charge >= 0.3 is 6.18 Å². The fraction of sp³-hybridized carbons (Fsp3) is 0.100. The minimum atomic E-state index is -4.64. The molecule has 0 spiro atoms. The van der Waals surface area contributed by atoms with Gasteiger partial charge in [-0.15, -0.1) is 0 Å². The largest absolute Gasteiger partial charge is 0.408 e. The summed E-state index contributed by atoms with van der Waals surface area (Å²) in [5, 5.41) is 12.8. The summed E-state index contributed by atoms with van der Waals surface area (Å²) in [7, 11) is 0. The van der Waals surface area contributed by atoms with Gasteiger partial charge in [-0.1, -0.05) is 17.3 Å². The Hall–Kier alpha value is -4.11. The Kier molecular flexibility index (Phi) is 4.29. The van der Waals surface area contributed by atoms with Crippen LogP contribution in [-0.2, 0) is 12.7 Å². The molecule has 0 N–H and O–H groups in total. The molecule has 0 bridgehead atoms. The van der Waals surface area contributed by atoms with Gasteiger partial charge in [0.25, 0.3) is 5.89 Å². The summed E-state index contributed by atoms with van der Waals surface area (Å²) in [6, 6.07) is 12.6. The molecule has 2 heterocycles. The minimum absolute atomic E-state index is 0.0589. The molecule has 2 aromatic carbocycles. The molecule has 0 aliphatic rings. The van der Waals surface area contributed by atoms with Crippen molar-refractivity contribution in [3.05, 3.63) is 77.0 Å². The van der Waals surface area contributed by atoms with Crippen molar-refractivity contribution in [3.63, 3.8) is 0 Å². The van der Waals surface area contributed by atoms with Crippen LogP contribution >= 0.6 is 0 Å². The van der Waals surface area contributed by atoms with Crippen LogP contribution in [0.1, 0.15) is 17.0 Å². The van der Waals surface area contributed by atoms with Crippen LogP contribution in [0.2, 0.25) is 0 Å². The van der Waals surface area contributed by atoms with E-state index in [4.69, 9.17) is 16.4 Å². The zero-order chi connectivity index (χ0) is 20.6. The number of nitriles is 1. The van der Waals surface area contributed by atoms with Gasteiger partial charge in [0.15, 0.2) is 11.5 Å². The maximum atomic E-state index is 13.4. The van der Waals surface area contributed by atoms with Gasteiger partial charge < -0.3 is 9.09 Å². The van der Waals surface area contributed by atoms with Gasteiger partial charge in [-0.25, -0.2) is 4.85 Å². The number of halogens is 3. The van der Waals surface area contributed by atoms with Gasteiger partial charge in [-0.2, -0.15) is 23.4 Å². The van der Waals surface area contributed by atoms with Gasteiger partial charge in [0.2, 0.25) is 0 Å². The number of hydrogen-bond acceptors (Lipinski definition) is 4. The predicted octanol–water partition coefficient (Wildman–Crippen LogP) is 5.18. The number of fused-ring (bicyclic) bond motifs is 1. The van der Waals surface area contributed by atoms with Crippen molar-refractivity contribution < 1.29 is 17.7 Å². The van der Waals surface area contributed by atoms with E-state index in [9.17, 15) is 13.2 Å². The number of benzene rings is 2. The van der Waals surface area contributed by atoms with Gasteiger partial charge in [0.1, 0.15) is 0 Å². The van der Waals surface area contributed by atoms with Crippen molar-refractivity contribution in [2.24, 2.45) is 0 Å². The van der Waals surface area contributed by atoms with E-state index in [1.165, 1.54) is 18.3 Å². The normalized spacial score (nSPS) is 11.3. The van der Waals surface area contributed by atoms with Gasteiger partial charge in [-0.3, -0.25) is 0 Å².